The van der Waals surface area contributed by atoms with Crippen molar-refractivity contribution in [2.24, 2.45) is 5.73 Å². The highest BCUT2D eigenvalue weighted by Crippen LogP contribution is 2.37. The molecule has 3 rings (SSSR count). The van der Waals surface area contributed by atoms with Crippen LogP contribution in [0, 0.1) is 13.8 Å². The Morgan fingerprint density at radius 2 is 1.86 bits per heavy atom. The van der Waals surface area contributed by atoms with E-state index in [1.807, 2.05) is 6.92 Å². The van der Waals surface area contributed by atoms with Gasteiger partial charge in [0.15, 0.2) is 0 Å². The van der Waals surface area contributed by atoms with Gasteiger partial charge in [-0.1, -0.05) is 12.1 Å². The fourth-order valence-corrected chi connectivity index (χ4v) is 3.05. The largest absolute Gasteiger partial charge is 0.371 e. The third kappa shape index (κ3) is 2.36. The Morgan fingerprint density at radius 1 is 1.14 bits per heavy atom. The monoisotopic (exact) mass is 282 g/mol. The van der Waals surface area contributed by atoms with Crippen molar-refractivity contribution < 1.29 is 0 Å². The summed E-state index contributed by atoms with van der Waals surface area (Å²) in [6.45, 7) is 6.58. The average molecular weight is 282 g/mol. The van der Waals surface area contributed by atoms with Gasteiger partial charge < -0.3 is 15.5 Å². The highest BCUT2D eigenvalue weighted by Gasteiger charge is 2.24. The number of nitrogens with two attached hydrogens (primary N) is 1. The second kappa shape index (κ2) is 5.37. The number of hydrogen-bond donors (Lipinski definition) is 1. The predicted molar refractivity (Wildman–Crippen MR) is 88.3 cm³/mol. The second-order valence-corrected chi connectivity index (χ2v) is 5.65. The molecule has 0 atom stereocenters. The van der Waals surface area contributed by atoms with E-state index in [4.69, 9.17) is 10.7 Å². The third-order valence-electron chi connectivity index (χ3n) is 4.16. The molecule has 0 radical (unpaired) electrons. The van der Waals surface area contributed by atoms with E-state index in [2.05, 4.69) is 54.1 Å². The fraction of sp³-hybridized carbons (Fsp3) is 0.353. The summed E-state index contributed by atoms with van der Waals surface area (Å²) in [5, 5.41) is 0. The molecule has 0 amide bonds. The standard InChI is InChI=1S/C17H22N4/c1-12-10-13(2)19-17(14(12)11-18)21-9-8-20(3)15-6-4-5-7-16(15)21/h4-7,10H,8-9,11,18H2,1-3H3. The van der Waals surface area contributed by atoms with Gasteiger partial charge in [0.05, 0.1) is 11.4 Å². The first-order chi connectivity index (χ1) is 10.1. The van der Waals surface area contributed by atoms with Gasteiger partial charge in [0.25, 0.3) is 0 Å². The number of aromatic nitrogens is 1. The molecular weight excluding hydrogens is 260 g/mol. The molecule has 0 unspecified atom stereocenters. The van der Waals surface area contributed by atoms with E-state index < -0.39 is 0 Å². The van der Waals surface area contributed by atoms with E-state index >= 15 is 0 Å². The quantitative estimate of drug-likeness (QED) is 0.920. The minimum Gasteiger partial charge on any atom is -0.371 e. The van der Waals surface area contributed by atoms with Gasteiger partial charge >= 0.3 is 0 Å². The van der Waals surface area contributed by atoms with E-state index in [9.17, 15) is 0 Å². The minimum atomic E-state index is 0.517. The molecule has 0 bridgehead atoms. The highest BCUT2D eigenvalue weighted by atomic mass is 15.3. The van der Waals surface area contributed by atoms with E-state index in [-0.39, 0.29) is 0 Å². The van der Waals surface area contributed by atoms with Crippen molar-refractivity contribution in [2.45, 2.75) is 20.4 Å². The van der Waals surface area contributed by atoms with Gasteiger partial charge in [-0.2, -0.15) is 0 Å². The Bertz CT molecular complexity index is 666. The fourth-order valence-electron chi connectivity index (χ4n) is 3.05. The minimum absolute atomic E-state index is 0.517. The van der Waals surface area contributed by atoms with Gasteiger partial charge in [-0.25, -0.2) is 4.98 Å². The Hall–Kier alpha value is -2.07. The van der Waals surface area contributed by atoms with Gasteiger partial charge in [0, 0.05) is 37.9 Å². The molecule has 1 aliphatic rings. The summed E-state index contributed by atoms with van der Waals surface area (Å²) >= 11 is 0. The van der Waals surface area contributed by atoms with E-state index in [1.54, 1.807) is 0 Å². The number of anilines is 3. The number of aryl methyl sites for hydroxylation is 2. The third-order valence-corrected chi connectivity index (χ3v) is 4.16. The maximum absolute atomic E-state index is 5.98. The first kappa shape index (κ1) is 13.9. The normalized spacial score (nSPS) is 14.3. The lowest BCUT2D eigenvalue weighted by Crippen LogP contribution is -2.37. The molecule has 0 saturated heterocycles. The maximum Gasteiger partial charge on any atom is 0.138 e. The Kier molecular flexibility index (Phi) is 3.55. The number of rotatable bonds is 2. The van der Waals surface area contributed by atoms with Crippen molar-refractivity contribution in [1.82, 2.24) is 4.98 Å². The van der Waals surface area contributed by atoms with Gasteiger partial charge in [-0.05, 0) is 37.6 Å². The second-order valence-electron chi connectivity index (χ2n) is 5.65. The summed E-state index contributed by atoms with van der Waals surface area (Å²) in [4.78, 5) is 9.37. The summed E-state index contributed by atoms with van der Waals surface area (Å²) in [5.41, 5.74) is 11.8. The van der Waals surface area contributed by atoms with Crippen molar-refractivity contribution in [2.75, 3.05) is 29.9 Å². The number of benzene rings is 1. The zero-order valence-corrected chi connectivity index (χ0v) is 12.9. The van der Waals surface area contributed by atoms with Crippen molar-refractivity contribution in [1.29, 1.82) is 0 Å². The van der Waals surface area contributed by atoms with Crippen LogP contribution in [-0.2, 0) is 6.54 Å². The van der Waals surface area contributed by atoms with Crippen molar-refractivity contribution in [3.05, 3.63) is 47.2 Å². The van der Waals surface area contributed by atoms with Crippen LogP contribution in [-0.4, -0.2) is 25.1 Å². The molecule has 2 heterocycles. The molecule has 1 aromatic heterocycles. The molecule has 110 valence electrons. The lowest BCUT2D eigenvalue weighted by molar-refractivity contribution is 0.803. The summed E-state index contributed by atoms with van der Waals surface area (Å²) in [6.07, 6.45) is 0. The lowest BCUT2D eigenvalue weighted by Gasteiger charge is -2.37. The van der Waals surface area contributed by atoms with Crippen molar-refractivity contribution in [3.63, 3.8) is 0 Å². The molecule has 4 heteroatoms. The van der Waals surface area contributed by atoms with Crippen LogP contribution in [0.1, 0.15) is 16.8 Å². The van der Waals surface area contributed by atoms with E-state index in [0.717, 1.165) is 30.2 Å². The number of fused-ring (bicyclic) bond motifs is 1. The van der Waals surface area contributed by atoms with Crippen molar-refractivity contribution in [3.8, 4) is 0 Å². The number of para-hydroxylation sites is 2. The van der Waals surface area contributed by atoms with Gasteiger partial charge in [-0.3, -0.25) is 0 Å². The molecule has 2 aromatic rings. The first-order valence-corrected chi connectivity index (χ1v) is 7.36. The smallest absolute Gasteiger partial charge is 0.138 e. The number of likely N-dealkylation sites (N-methyl/N-ethyl adjacent to an activating group) is 1. The first-order valence-electron chi connectivity index (χ1n) is 7.36. The van der Waals surface area contributed by atoms with Crippen LogP contribution < -0.4 is 15.5 Å². The van der Waals surface area contributed by atoms with E-state index in [0.29, 0.717) is 6.54 Å². The van der Waals surface area contributed by atoms with Crippen LogP contribution in [0.4, 0.5) is 17.2 Å². The zero-order chi connectivity index (χ0) is 15.0. The van der Waals surface area contributed by atoms with Crippen LogP contribution in [0.3, 0.4) is 0 Å². The molecule has 21 heavy (non-hydrogen) atoms. The van der Waals surface area contributed by atoms with Gasteiger partial charge in [0.2, 0.25) is 0 Å². The average Bonchev–Trinajstić information content (AvgIpc) is 2.47. The van der Waals surface area contributed by atoms with Crippen LogP contribution in [0.5, 0.6) is 0 Å². The van der Waals surface area contributed by atoms with Gasteiger partial charge in [0.1, 0.15) is 5.82 Å². The van der Waals surface area contributed by atoms with Crippen LogP contribution in [0.2, 0.25) is 0 Å². The molecule has 0 aliphatic carbocycles. The summed E-state index contributed by atoms with van der Waals surface area (Å²) in [6, 6.07) is 10.6. The van der Waals surface area contributed by atoms with Crippen LogP contribution >= 0.6 is 0 Å². The SMILES string of the molecule is Cc1cc(C)c(CN)c(N2CCN(C)c3ccccc32)n1. The molecular formula is C17H22N4. The Balaban J connectivity index is 2.16. The summed E-state index contributed by atoms with van der Waals surface area (Å²) in [7, 11) is 2.13. The topological polar surface area (TPSA) is 45.4 Å². The van der Waals surface area contributed by atoms with Crippen LogP contribution in [0.15, 0.2) is 30.3 Å². The molecule has 4 nitrogen and oxygen atoms in total. The molecule has 2 N–H and O–H groups in total. The number of nitrogens with zero attached hydrogens (tertiary/aromatic N) is 3. The highest BCUT2D eigenvalue weighted by molar-refractivity contribution is 5.79. The molecule has 0 spiro atoms. The molecule has 0 fully saturated rings. The lowest BCUT2D eigenvalue weighted by atomic mass is 10.1. The molecule has 1 aromatic carbocycles. The maximum atomic E-state index is 5.98. The molecule has 1 aliphatic heterocycles. The predicted octanol–water partition coefficient (Wildman–Crippen LogP) is 2.75. The summed E-state index contributed by atoms with van der Waals surface area (Å²) < 4.78 is 0. The Morgan fingerprint density at radius 3 is 2.57 bits per heavy atom. The van der Waals surface area contributed by atoms with Crippen molar-refractivity contribution >= 4 is 17.2 Å². The van der Waals surface area contributed by atoms with Gasteiger partial charge in [-0.15, -0.1) is 0 Å². The Labute approximate surface area is 126 Å². The summed E-state index contributed by atoms with van der Waals surface area (Å²) in [5.74, 6) is 1.01. The van der Waals surface area contributed by atoms with Crippen LogP contribution in [0.25, 0.3) is 0 Å². The van der Waals surface area contributed by atoms with E-state index in [1.165, 1.54) is 16.9 Å². The number of hydrogen-bond acceptors (Lipinski definition) is 4. The number of pyridine rings is 1. The molecule has 0 saturated carbocycles. The zero-order valence-electron chi connectivity index (χ0n) is 12.9.